The van der Waals surface area contributed by atoms with E-state index < -0.39 is 49.6 Å². The number of hydrogen-bond donors (Lipinski definition) is 3. The predicted molar refractivity (Wildman–Crippen MR) is 150 cm³/mol. The van der Waals surface area contributed by atoms with E-state index in [2.05, 4.69) is 9.84 Å². The van der Waals surface area contributed by atoms with Crippen LogP contribution in [0.3, 0.4) is 0 Å². The first-order valence-electron chi connectivity index (χ1n) is 13.7. The molecule has 0 unspecified atom stereocenters. The summed E-state index contributed by atoms with van der Waals surface area (Å²) in [5.74, 6) is 0.621. The first-order chi connectivity index (χ1) is 20.6. The van der Waals surface area contributed by atoms with Crippen molar-refractivity contribution >= 4 is 12.2 Å². The fourth-order valence-electron chi connectivity index (χ4n) is 4.40. The van der Waals surface area contributed by atoms with E-state index in [1.807, 2.05) is 68.4 Å². The molecule has 2 heterocycles. The number of hydrogen-bond acceptors (Lipinski definition) is 12. The Morgan fingerprint density at radius 3 is 2.30 bits per heavy atom. The van der Waals surface area contributed by atoms with E-state index in [4.69, 9.17) is 23.7 Å². The minimum Gasteiger partial charge on any atom is -0.491 e. The van der Waals surface area contributed by atoms with Crippen LogP contribution >= 0.6 is 0 Å². The van der Waals surface area contributed by atoms with Crippen LogP contribution in [0.25, 0.3) is 0 Å². The molecule has 0 amide bonds. The Balaban J connectivity index is 1.60. The van der Waals surface area contributed by atoms with Gasteiger partial charge in [-0.25, -0.2) is 9.59 Å². The summed E-state index contributed by atoms with van der Waals surface area (Å²) in [7, 11) is 1.11. The molecule has 3 N–H and O–H groups in total. The Morgan fingerprint density at radius 1 is 0.953 bits per heavy atom. The Bertz CT molecular complexity index is 1360. The van der Waals surface area contributed by atoms with Gasteiger partial charge in [0.25, 0.3) is 0 Å². The van der Waals surface area contributed by atoms with Gasteiger partial charge in [0.05, 0.1) is 18.9 Å². The monoisotopic (exact) mass is 600 g/mol. The van der Waals surface area contributed by atoms with E-state index in [0.717, 1.165) is 22.9 Å². The van der Waals surface area contributed by atoms with E-state index >= 15 is 0 Å². The van der Waals surface area contributed by atoms with Gasteiger partial charge in [-0.15, -0.1) is 5.10 Å². The van der Waals surface area contributed by atoms with E-state index in [1.165, 1.54) is 0 Å². The number of nitrogens with zero attached hydrogens (tertiary/aromatic N) is 2. The van der Waals surface area contributed by atoms with Crippen LogP contribution in [0, 0.1) is 6.92 Å². The van der Waals surface area contributed by atoms with Crippen LogP contribution < -0.4 is 9.47 Å². The van der Waals surface area contributed by atoms with E-state index in [0.29, 0.717) is 17.0 Å². The van der Waals surface area contributed by atoms with Crippen molar-refractivity contribution in [1.29, 1.82) is 0 Å². The van der Waals surface area contributed by atoms with Crippen LogP contribution in [0.15, 0.2) is 54.6 Å². The van der Waals surface area contributed by atoms with Crippen LogP contribution in [0.2, 0.25) is 0 Å². The Morgan fingerprint density at radius 2 is 1.65 bits per heavy atom. The van der Waals surface area contributed by atoms with Gasteiger partial charge in [-0.1, -0.05) is 42.5 Å². The number of carbonyl (C=O) groups excluding carboxylic acids is 2. The molecule has 1 aliphatic heterocycles. The summed E-state index contributed by atoms with van der Waals surface area (Å²) in [6.07, 6.45) is -9.35. The Kier molecular flexibility index (Phi) is 10.6. The fourth-order valence-corrected chi connectivity index (χ4v) is 4.40. The van der Waals surface area contributed by atoms with Crippen LogP contribution in [0.1, 0.15) is 36.2 Å². The molecule has 1 aromatic heterocycles. The summed E-state index contributed by atoms with van der Waals surface area (Å²) in [5, 5.41) is 35.8. The minimum absolute atomic E-state index is 0.00543. The summed E-state index contributed by atoms with van der Waals surface area (Å²) < 4.78 is 33.1. The number of carbonyl (C=O) groups is 2. The molecular formula is C30H36N2O11. The Hall–Kier alpha value is -4.17. The highest BCUT2D eigenvalue weighted by Crippen LogP contribution is 2.30. The van der Waals surface area contributed by atoms with Gasteiger partial charge < -0.3 is 43.7 Å². The third-order valence-electron chi connectivity index (χ3n) is 6.69. The summed E-state index contributed by atoms with van der Waals surface area (Å²) in [5.41, 5.74) is 2.51. The zero-order valence-corrected chi connectivity index (χ0v) is 24.3. The second-order valence-electron chi connectivity index (χ2n) is 10.2. The van der Waals surface area contributed by atoms with Crippen molar-refractivity contribution in [2.75, 3.05) is 13.7 Å². The van der Waals surface area contributed by atoms with Crippen molar-refractivity contribution in [3.63, 3.8) is 0 Å². The maximum Gasteiger partial charge on any atom is 0.508 e. The van der Waals surface area contributed by atoms with Gasteiger partial charge in [-0.05, 0) is 44.0 Å². The average Bonchev–Trinajstić information content (AvgIpc) is 3.30. The van der Waals surface area contributed by atoms with Gasteiger partial charge in [0.1, 0.15) is 43.4 Å². The standard InChI is InChI=1S/C30H36N2O11/c1-17(2)41-21-12-10-19(11-13-21)14-22-18(3)32(29(36)39-15-20-8-6-5-7-9-20)31-27(22)43-28-26(35)25(34)24(33)23(42-28)16-40-30(37)38-4/h5-13,17,23-26,28,33-35H,14-16H2,1-4H3/t23-,24-,25+,26-,28+/m1/s1. The number of aliphatic hydroxyl groups excluding tert-OH is 3. The van der Waals surface area contributed by atoms with Crippen molar-refractivity contribution in [3.8, 4) is 11.6 Å². The van der Waals surface area contributed by atoms with Crippen molar-refractivity contribution < 1.29 is 53.3 Å². The third-order valence-corrected chi connectivity index (χ3v) is 6.69. The molecule has 13 nitrogen and oxygen atoms in total. The zero-order valence-electron chi connectivity index (χ0n) is 24.3. The molecule has 1 aliphatic rings. The fraction of sp³-hybridized carbons (Fsp3) is 0.433. The van der Waals surface area contributed by atoms with Gasteiger partial charge >= 0.3 is 12.2 Å². The highest BCUT2D eigenvalue weighted by molar-refractivity contribution is 5.71. The number of aliphatic hydroxyl groups is 3. The van der Waals surface area contributed by atoms with E-state index in [-0.39, 0.29) is 25.0 Å². The smallest absolute Gasteiger partial charge is 0.491 e. The topological polar surface area (TPSA) is 168 Å². The maximum atomic E-state index is 13.1. The summed E-state index contributed by atoms with van der Waals surface area (Å²) >= 11 is 0. The molecule has 0 aliphatic carbocycles. The predicted octanol–water partition coefficient (Wildman–Crippen LogP) is 2.72. The molecule has 0 radical (unpaired) electrons. The lowest BCUT2D eigenvalue weighted by molar-refractivity contribution is -0.278. The molecule has 0 spiro atoms. The second-order valence-corrected chi connectivity index (χ2v) is 10.2. The minimum atomic E-state index is -1.71. The molecule has 4 rings (SSSR count). The van der Waals surface area contributed by atoms with Crippen molar-refractivity contribution in [2.24, 2.45) is 0 Å². The van der Waals surface area contributed by atoms with Crippen molar-refractivity contribution in [2.45, 2.75) is 70.6 Å². The SMILES string of the molecule is COC(=O)OC[C@H]1O[C@@H](Oc2nn(C(=O)OCc3ccccc3)c(C)c2Cc2ccc(OC(C)C)cc2)[C@H](O)[C@@H](O)[C@@H]1O. The number of benzene rings is 2. The van der Waals surface area contributed by atoms with Crippen molar-refractivity contribution in [3.05, 3.63) is 77.0 Å². The third kappa shape index (κ3) is 8.02. The Labute approximate surface area is 248 Å². The quantitative estimate of drug-likeness (QED) is 0.292. The first kappa shape index (κ1) is 31.8. The van der Waals surface area contributed by atoms with Crippen molar-refractivity contribution in [1.82, 2.24) is 9.78 Å². The molecule has 0 saturated carbocycles. The lowest BCUT2D eigenvalue weighted by atomic mass is 9.99. The molecule has 1 fully saturated rings. The van der Waals surface area contributed by atoms with Crippen LogP contribution in [-0.4, -0.2) is 87.9 Å². The van der Waals surface area contributed by atoms with Gasteiger partial charge in [-0.2, -0.15) is 4.68 Å². The highest BCUT2D eigenvalue weighted by Gasteiger charge is 2.46. The number of methoxy groups -OCH3 is 1. The molecule has 1 saturated heterocycles. The van der Waals surface area contributed by atoms with Gasteiger partial charge in [0.15, 0.2) is 0 Å². The molecule has 232 valence electrons. The molecule has 2 aromatic carbocycles. The van der Waals surface area contributed by atoms with E-state index in [9.17, 15) is 24.9 Å². The van der Waals surface area contributed by atoms with Gasteiger partial charge in [-0.3, -0.25) is 0 Å². The highest BCUT2D eigenvalue weighted by atomic mass is 16.7. The van der Waals surface area contributed by atoms with Gasteiger partial charge in [0.2, 0.25) is 12.2 Å². The number of rotatable bonds is 10. The lowest BCUT2D eigenvalue weighted by Gasteiger charge is -2.39. The van der Waals surface area contributed by atoms with Crippen LogP contribution in [-0.2, 0) is 32.0 Å². The summed E-state index contributed by atoms with van der Waals surface area (Å²) in [4.78, 5) is 24.5. The number of ether oxygens (including phenoxy) is 6. The zero-order chi connectivity index (χ0) is 31.1. The van der Waals surface area contributed by atoms with Gasteiger partial charge in [0, 0.05) is 12.0 Å². The average molecular weight is 601 g/mol. The number of aromatic nitrogens is 2. The maximum absolute atomic E-state index is 13.1. The molecule has 43 heavy (non-hydrogen) atoms. The van der Waals surface area contributed by atoms with E-state index in [1.54, 1.807) is 6.92 Å². The first-order valence-corrected chi connectivity index (χ1v) is 13.7. The molecule has 3 aromatic rings. The summed E-state index contributed by atoms with van der Waals surface area (Å²) in [6.45, 7) is 5.04. The molecule has 13 heteroatoms. The molecule has 0 bridgehead atoms. The van der Waals surface area contributed by atoms with Crippen LogP contribution in [0.4, 0.5) is 9.59 Å². The normalized spacial score (nSPS) is 21.7. The second kappa shape index (κ2) is 14.3. The summed E-state index contributed by atoms with van der Waals surface area (Å²) in [6, 6.07) is 16.5. The molecule has 5 atom stereocenters. The lowest BCUT2D eigenvalue weighted by Crippen LogP contribution is -2.60. The van der Waals surface area contributed by atoms with Crippen LogP contribution in [0.5, 0.6) is 11.6 Å². The molecular weight excluding hydrogens is 564 g/mol. The largest absolute Gasteiger partial charge is 0.508 e.